The quantitative estimate of drug-likeness (QED) is 0.893. The molecule has 1 unspecified atom stereocenters. The molecule has 0 aliphatic heterocycles. The number of carbonyl (C=O) groups excluding carboxylic acids is 1. The second-order valence-corrected chi connectivity index (χ2v) is 5.48. The molecule has 0 bridgehead atoms. The SMILES string of the molecule is COC(C)(CNC(=O)c1ccc(Br)o1)c1ccccc1F. The molecule has 21 heavy (non-hydrogen) atoms. The average Bonchev–Trinajstić information content (AvgIpc) is 2.91. The van der Waals surface area contributed by atoms with Gasteiger partial charge >= 0.3 is 0 Å². The van der Waals surface area contributed by atoms with Gasteiger partial charge < -0.3 is 14.5 Å². The Morgan fingerprint density at radius 2 is 2.10 bits per heavy atom. The van der Waals surface area contributed by atoms with Crippen molar-refractivity contribution in [1.29, 1.82) is 0 Å². The summed E-state index contributed by atoms with van der Waals surface area (Å²) < 4.78 is 24.9. The fraction of sp³-hybridized carbons (Fsp3) is 0.267. The Hall–Kier alpha value is -1.66. The van der Waals surface area contributed by atoms with Crippen LogP contribution in [0.25, 0.3) is 0 Å². The molecular weight excluding hydrogens is 341 g/mol. The van der Waals surface area contributed by atoms with E-state index in [1.165, 1.54) is 13.2 Å². The van der Waals surface area contributed by atoms with Gasteiger partial charge in [-0.2, -0.15) is 0 Å². The van der Waals surface area contributed by atoms with Gasteiger partial charge in [-0.3, -0.25) is 4.79 Å². The number of hydrogen-bond acceptors (Lipinski definition) is 3. The van der Waals surface area contributed by atoms with Crippen LogP contribution in [0, 0.1) is 5.82 Å². The van der Waals surface area contributed by atoms with Crippen molar-refractivity contribution in [2.24, 2.45) is 0 Å². The van der Waals surface area contributed by atoms with Crippen LogP contribution in [0.2, 0.25) is 0 Å². The first-order valence-electron chi connectivity index (χ1n) is 6.30. The summed E-state index contributed by atoms with van der Waals surface area (Å²) in [6.45, 7) is 1.82. The van der Waals surface area contributed by atoms with Gasteiger partial charge in [0.1, 0.15) is 11.4 Å². The number of amides is 1. The first-order chi connectivity index (χ1) is 9.96. The molecule has 1 N–H and O–H groups in total. The number of benzene rings is 1. The molecule has 0 aliphatic rings. The normalized spacial score (nSPS) is 13.7. The highest BCUT2D eigenvalue weighted by molar-refractivity contribution is 9.10. The predicted octanol–water partition coefficient (Wildman–Crippen LogP) is 3.47. The van der Waals surface area contributed by atoms with Crippen LogP contribution in [0.1, 0.15) is 23.0 Å². The van der Waals surface area contributed by atoms with Gasteiger partial charge in [-0.15, -0.1) is 0 Å². The van der Waals surface area contributed by atoms with E-state index < -0.39 is 5.60 Å². The molecule has 0 saturated carbocycles. The lowest BCUT2D eigenvalue weighted by Gasteiger charge is -2.29. The number of halogens is 2. The first kappa shape index (κ1) is 15.7. The highest BCUT2D eigenvalue weighted by atomic mass is 79.9. The van der Waals surface area contributed by atoms with Crippen LogP contribution in [0.4, 0.5) is 4.39 Å². The molecule has 0 radical (unpaired) electrons. The molecular formula is C15H15BrFNO3. The third-order valence-electron chi connectivity index (χ3n) is 3.28. The van der Waals surface area contributed by atoms with E-state index in [2.05, 4.69) is 21.2 Å². The van der Waals surface area contributed by atoms with Crippen molar-refractivity contribution in [3.8, 4) is 0 Å². The molecule has 0 spiro atoms. The standard InChI is InChI=1S/C15H15BrFNO3/c1-15(20-2,10-5-3-4-6-11(10)17)9-18-14(19)12-7-8-13(16)21-12/h3-8H,9H2,1-2H3,(H,18,19). The maximum Gasteiger partial charge on any atom is 0.287 e. The number of furan rings is 1. The maximum absolute atomic E-state index is 13.9. The molecule has 1 aromatic heterocycles. The topological polar surface area (TPSA) is 51.5 Å². The van der Waals surface area contributed by atoms with E-state index in [1.807, 2.05) is 0 Å². The van der Waals surface area contributed by atoms with Gasteiger partial charge in [0.05, 0.1) is 6.54 Å². The van der Waals surface area contributed by atoms with Crippen LogP contribution < -0.4 is 5.32 Å². The van der Waals surface area contributed by atoms with Crippen molar-refractivity contribution in [2.45, 2.75) is 12.5 Å². The van der Waals surface area contributed by atoms with Gasteiger partial charge in [-0.1, -0.05) is 18.2 Å². The lowest BCUT2D eigenvalue weighted by Crippen LogP contribution is -2.40. The molecule has 4 nitrogen and oxygen atoms in total. The van der Waals surface area contributed by atoms with Gasteiger partial charge in [0.25, 0.3) is 5.91 Å². The van der Waals surface area contributed by atoms with Gasteiger partial charge in [-0.25, -0.2) is 4.39 Å². The van der Waals surface area contributed by atoms with Gasteiger partial charge in [0.15, 0.2) is 10.4 Å². The lowest BCUT2D eigenvalue weighted by atomic mass is 9.95. The van der Waals surface area contributed by atoms with Crippen molar-refractivity contribution in [3.05, 3.63) is 58.2 Å². The number of rotatable bonds is 5. The van der Waals surface area contributed by atoms with E-state index >= 15 is 0 Å². The minimum absolute atomic E-state index is 0.113. The Balaban J connectivity index is 2.12. The molecule has 6 heteroatoms. The summed E-state index contributed by atoms with van der Waals surface area (Å²) in [7, 11) is 1.47. The third kappa shape index (κ3) is 3.51. The number of carbonyl (C=O) groups is 1. The Bertz CT molecular complexity index is 643. The predicted molar refractivity (Wildman–Crippen MR) is 79.5 cm³/mol. The molecule has 2 rings (SSSR count). The third-order valence-corrected chi connectivity index (χ3v) is 3.70. The van der Waals surface area contributed by atoms with E-state index in [9.17, 15) is 9.18 Å². The molecule has 112 valence electrons. The summed E-state index contributed by atoms with van der Waals surface area (Å²) >= 11 is 3.13. The minimum Gasteiger partial charge on any atom is -0.444 e. The summed E-state index contributed by atoms with van der Waals surface area (Å²) in [6.07, 6.45) is 0. The highest BCUT2D eigenvalue weighted by Gasteiger charge is 2.30. The Morgan fingerprint density at radius 3 is 2.67 bits per heavy atom. The van der Waals surface area contributed by atoms with E-state index in [0.29, 0.717) is 10.2 Å². The van der Waals surface area contributed by atoms with Gasteiger partial charge in [-0.05, 0) is 41.1 Å². The van der Waals surface area contributed by atoms with Crippen LogP contribution in [0.5, 0.6) is 0 Å². The zero-order valence-electron chi connectivity index (χ0n) is 11.7. The van der Waals surface area contributed by atoms with Gasteiger partial charge in [0.2, 0.25) is 0 Å². The lowest BCUT2D eigenvalue weighted by molar-refractivity contribution is 0.000178. The molecule has 0 aliphatic carbocycles. The highest BCUT2D eigenvalue weighted by Crippen LogP contribution is 2.26. The zero-order valence-corrected chi connectivity index (χ0v) is 13.2. The van der Waals surface area contributed by atoms with Crippen molar-refractivity contribution < 1.29 is 18.3 Å². The van der Waals surface area contributed by atoms with Crippen LogP contribution >= 0.6 is 15.9 Å². The molecule has 1 heterocycles. The molecule has 1 aromatic carbocycles. The maximum atomic E-state index is 13.9. The van der Waals surface area contributed by atoms with Crippen LogP contribution in [0.3, 0.4) is 0 Å². The Morgan fingerprint density at radius 1 is 1.38 bits per heavy atom. The van der Waals surface area contributed by atoms with Crippen molar-refractivity contribution in [1.82, 2.24) is 5.32 Å². The minimum atomic E-state index is -0.967. The summed E-state index contributed by atoms with van der Waals surface area (Å²) in [4.78, 5) is 12.0. The van der Waals surface area contributed by atoms with E-state index in [0.717, 1.165) is 0 Å². The average molecular weight is 356 g/mol. The van der Waals surface area contributed by atoms with Crippen molar-refractivity contribution >= 4 is 21.8 Å². The summed E-state index contributed by atoms with van der Waals surface area (Å²) in [5, 5.41) is 2.68. The first-order valence-corrected chi connectivity index (χ1v) is 7.09. The van der Waals surface area contributed by atoms with E-state index in [4.69, 9.17) is 9.15 Å². The molecule has 1 atom stereocenters. The number of methoxy groups -OCH3 is 1. The second-order valence-electron chi connectivity index (χ2n) is 4.70. The summed E-state index contributed by atoms with van der Waals surface area (Å²) in [5.41, 5.74) is -0.585. The van der Waals surface area contributed by atoms with Gasteiger partial charge in [0, 0.05) is 12.7 Å². The van der Waals surface area contributed by atoms with Crippen LogP contribution in [-0.2, 0) is 10.3 Å². The molecule has 0 saturated heterocycles. The van der Waals surface area contributed by atoms with Crippen molar-refractivity contribution in [2.75, 3.05) is 13.7 Å². The number of hydrogen-bond donors (Lipinski definition) is 1. The fourth-order valence-electron chi connectivity index (χ4n) is 1.94. The monoisotopic (exact) mass is 355 g/mol. The largest absolute Gasteiger partial charge is 0.444 e. The number of ether oxygens (including phenoxy) is 1. The Kier molecular flexibility index (Phi) is 4.80. The van der Waals surface area contributed by atoms with Crippen molar-refractivity contribution in [3.63, 3.8) is 0 Å². The Labute approximate surface area is 130 Å². The summed E-state index contributed by atoms with van der Waals surface area (Å²) in [6, 6.07) is 9.50. The van der Waals surface area contributed by atoms with Crippen LogP contribution in [0.15, 0.2) is 45.5 Å². The smallest absolute Gasteiger partial charge is 0.287 e. The second kappa shape index (κ2) is 6.41. The fourth-order valence-corrected chi connectivity index (χ4v) is 2.25. The molecule has 0 fully saturated rings. The van der Waals surface area contributed by atoms with Crippen LogP contribution in [-0.4, -0.2) is 19.6 Å². The van der Waals surface area contributed by atoms with E-state index in [-0.39, 0.29) is 24.0 Å². The van der Waals surface area contributed by atoms with E-state index in [1.54, 1.807) is 37.3 Å². The number of nitrogens with one attached hydrogen (secondary N) is 1. The molecule has 1 amide bonds. The summed E-state index contributed by atoms with van der Waals surface area (Å²) in [5.74, 6) is -0.592. The molecule has 2 aromatic rings. The zero-order chi connectivity index (χ0) is 15.5.